The van der Waals surface area contributed by atoms with Gasteiger partial charge >= 0.3 is 0 Å². The van der Waals surface area contributed by atoms with Gasteiger partial charge in [-0.3, -0.25) is 9.59 Å². The minimum Gasteiger partial charge on any atom is -0.335 e. The lowest BCUT2D eigenvalue weighted by atomic mass is 10.1. The number of nitrogens with zero attached hydrogens (tertiary/aromatic N) is 1. The fraction of sp³-hybridized carbons (Fsp3) is 0.286. The minimum atomic E-state index is -0.0282. The molecule has 1 aromatic carbocycles. The maximum Gasteiger partial charge on any atom is 0.230 e. The smallest absolute Gasteiger partial charge is 0.230 e. The van der Waals surface area contributed by atoms with E-state index in [0.717, 1.165) is 6.42 Å². The Morgan fingerprint density at radius 1 is 1.22 bits per heavy atom. The van der Waals surface area contributed by atoms with E-state index in [1.165, 1.54) is 15.6 Å². The lowest BCUT2D eigenvalue weighted by molar-refractivity contribution is -0.127. The van der Waals surface area contributed by atoms with E-state index in [-0.39, 0.29) is 18.1 Å². The van der Waals surface area contributed by atoms with Crippen LogP contribution in [0.1, 0.15) is 12.0 Å². The fourth-order valence-corrected chi connectivity index (χ4v) is 3.32. The third kappa shape index (κ3) is 2.04. The molecule has 2 aromatic rings. The van der Waals surface area contributed by atoms with Crippen LogP contribution in [0.5, 0.6) is 0 Å². The summed E-state index contributed by atoms with van der Waals surface area (Å²) in [5, 5.41) is 3.41. The first-order chi connectivity index (χ1) is 8.74. The Morgan fingerprint density at radius 2 is 2.06 bits per heavy atom. The molecule has 92 valence electrons. The number of likely N-dealkylation sites (tertiary alicyclic amines) is 1. The second kappa shape index (κ2) is 4.53. The summed E-state index contributed by atoms with van der Waals surface area (Å²) in [6, 6.07) is 8.28. The van der Waals surface area contributed by atoms with Crippen molar-refractivity contribution in [2.24, 2.45) is 0 Å². The van der Waals surface area contributed by atoms with Gasteiger partial charge in [0.05, 0.1) is 13.0 Å². The van der Waals surface area contributed by atoms with Gasteiger partial charge in [0.15, 0.2) is 5.78 Å². The molecule has 1 amide bonds. The first-order valence-corrected chi connectivity index (χ1v) is 6.86. The van der Waals surface area contributed by atoms with Crippen molar-refractivity contribution in [3.8, 4) is 0 Å². The molecule has 1 fully saturated rings. The molecule has 4 heteroatoms. The number of ketones is 1. The molecule has 1 aliphatic rings. The summed E-state index contributed by atoms with van der Waals surface area (Å²) in [5.74, 6) is 0.00899. The molecule has 0 N–H and O–H groups in total. The normalized spacial score (nSPS) is 15.9. The van der Waals surface area contributed by atoms with Crippen molar-refractivity contribution >= 4 is 33.1 Å². The molecule has 0 saturated carbocycles. The van der Waals surface area contributed by atoms with Crippen LogP contribution in [0.4, 0.5) is 0 Å². The first-order valence-electron chi connectivity index (χ1n) is 5.98. The number of hydrogen-bond acceptors (Lipinski definition) is 3. The molecular formula is C14H13NO2S. The van der Waals surface area contributed by atoms with Crippen LogP contribution in [-0.4, -0.2) is 29.7 Å². The quantitative estimate of drug-likeness (QED) is 0.793. The number of carbonyl (C=O) groups is 2. The molecule has 0 atom stereocenters. The molecule has 0 unspecified atom stereocenters. The van der Waals surface area contributed by atoms with Crippen molar-refractivity contribution in [1.29, 1.82) is 0 Å². The van der Waals surface area contributed by atoms with E-state index in [1.54, 1.807) is 16.2 Å². The summed E-state index contributed by atoms with van der Waals surface area (Å²) in [4.78, 5) is 24.4. The highest BCUT2D eigenvalue weighted by Crippen LogP contribution is 2.26. The van der Waals surface area contributed by atoms with Crippen molar-refractivity contribution < 1.29 is 9.59 Å². The molecule has 1 saturated heterocycles. The van der Waals surface area contributed by atoms with Crippen molar-refractivity contribution in [3.05, 3.63) is 35.2 Å². The minimum absolute atomic E-state index is 0.0282. The lowest BCUT2D eigenvalue weighted by Gasteiger charge is -2.13. The molecule has 2 heterocycles. The highest BCUT2D eigenvalue weighted by Gasteiger charge is 2.26. The largest absolute Gasteiger partial charge is 0.335 e. The average molecular weight is 259 g/mol. The van der Waals surface area contributed by atoms with Crippen LogP contribution in [0.3, 0.4) is 0 Å². The molecule has 3 rings (SSSR count). The van der Waals surface area contributed by atoms with Gasteiger partial charge in [-0.25, -0.2) is 0 Å². The Morgan fingerprint density at radius 3 is 2.83 bits per heavy atom. The van der Waals surface area contributed by atoms with E-state index < -0.39 is 0 Å². The molecule has 1 aromatic heterocycles. The van der Waals surface area contributed by atoms with Gasteiger partial charge in [0, 0.05) is 11.2 Å². The zero-order chi connectivity index (χ0) is 12.5. The molecule has 3 nitrogen and oxygen atoms in total. The number of Topliss-reactive ketones (excluding diaryl/α,β-unsaturated/α-hetero) is 1. The Bertz CT molecular complexity index is 617. The molecule has 0 aliphatic carbocycles. The van der Waals surface area contributed by atoms with Gasteiger partial charge in [-0.15, -0.1) is 11.3 Å². The maximum atomic E-state index is 11.5. The second-order valence-corrected chi connectivity index (χ2v) is 5.45. The zero-order valence-corrected chi connectivity index (χ0v) is 10.7. The average Bonchev–Trinajstić information content (AvgIpc) is 2.90. The van der Waals surface area contributed by atoms with Gasteiger partial charge in [0.2, 0.25) is 5.91 Å². The van der Waals surface area contributed by atoms with E-state index in [9.17, 15) is 9.59 Å². The van der Waals surface area contributed by atoms with Gasteiger partial charge in [-0.05, 0) is 28.8 Å². The standard InChI is InChI=1S/C14H13NO2S/c16-11-7-14(17)15(8-11)6-5-10-9-18-13-4-2-1-3-12(10)13/h1-4,9H,5-8H2. The fourth-order valence-electron chi connectivity index (χ4n) is 2.32. The second-order valence-electron chi connectivity index (χ2n) is 4.54. The summed E-state index contributed by atoms with van der Waals surface area (Å²) in [6.45, 7) is 0.937. The molecule has 0 bridgehead atoms. The monoisotopic (exact) mass is 259 g/mol. The summed E-state index contributed by atoms with van der Waals surface area (Å²) in [6.07, 6.45) is 0.910. The number of benzene rings is 1. The Balaban J connectivity index is 1.74. The van der Waals surface area contributed by atoms with Crippen LogP contribution in [0, 0.1) is 0 Å². The van der Waals surface area contributed by atoms with Crippen LogP contribution in [-0.2, 0) is 16.0 Å². The van der Waals surface area contributed by atoms with Crippen LogP contribution in [0.15, 0.2) is 29.6 Å². The van der Waals surface area contributed by atoms with Gasteiger partial charge in [0.25, 0.3) is 0 Å². The number of carbonyl (C=O) groups excluding carboxylic acids is 2. The number of amides is 1. The van der Waals surface area contributed by atoms with E-state index >= 15 is 0 Å². The number of hydrogen-bond donors (Lipinski definition) is 0. The molecular weight excluding hydrogens is 246 g/mol. The summed E-state index contributed by atoms with van der Waals surface area (Å²) >= 11 is 1.73. The van der Waals surface area contributed by atoms with Crippen molar-refractivity contribution in [2.75, 3.05) is 13.1 Å². The number of thiophene rings is 1. The SMILES string of the molecule is O=C1CC(=O)N(CCc2csc3ccccc23)C1. The number of fused-ring (bicyclic) bond motifs is 1. The molecule has 0 spiro atoms. The highest BCUT2D eigenvalue weighted by molar-refractivity contribution is 7.17. The van der Waals surface area contributed by atoms with Crippen molar-refractivity contribution in [2.45, 2.75) is 12.8 Å². The van der Waals surface area contributed by atoms with E-state index in [0.29, 0.717) is 13.1 Å². The topological polar surface area (TPSA) is 37.4 Å². The van der Waals surface area contributed by atoms with Gasteiger partial charge in [-0.2, -0.15) is 0 Å². The zero-order valence-electron chi connectivity index (χ0n) is 9.89. The highest BCUT2D eigenvalue weighted by atomic mass is 32.1. The molecule has 18 heavy (non-hydrogen) atoms. The maximum absolute atomic E-state index is 11.5. The van der Waals surface area contributed by atoms with Crippen LogP contribution < -0.4 is 0 Å². The van der Waals surface area contributed by atoms with E-state index in [1.807, 2.05) is 12.1 Å². The van der Waals surface area contributed by atoms with Crippen LogP contribution in [0.25, 0.3) is 10.1 Å². The van der Waals surface area contributed by atoms with Gasteiger partial charge in [-0.1, -0.05) is 18.2 Å². The van der Waals surface area contributed by atoms with E-state index in [2.05, 4.69) is 17.5 Å². The first kappa shape index (κ1) is 11.4. The summed E-state index contributed by atoms with van der Waals surface area (Å²) in [5.41, 5.74) is 1.27. The van der Waals surface area contributed by atoms with Crippen molar-refractivity contribution in [3.63, 3.8) is 0 Å². The Labute approximate surface area is 109 Å². The van der Waals surface area contributed by atoms with Gasteiger partial charge in [0.1, 0.15) is 0 Å². The predicted octanol–water partition coefficient (Wildman–Crippen LogP) is 2.25. The van der Waals surface area contributed by atoms with E-state index in [4.69, 9.17) is 0 Å². The Kier molecular flexibility index (Phi) is 2.88. The predicted molar refractivity (Wildman–Crippen MR) is 71.7 cm³/mol. The lowest BCUT2D eigenvalue weighted by Crippen LogP contribution is -2.27. The van der Waals surface area contributed by atoms with Crippen LogP contribution >= 0.6 is 11.3 Å². The number of rotatable bonds is 3. The molecule has 1 aliphatic heterocycles. The summed E-state index contributed by atoms with van der Waals surface area (Å²) in [7, 11) is 0. The summed E-state index contributed by atoms with van der Waals surface area (Å²) < 4.78 is 1.27. The van der Waals surface area contributed by atoms with Gasteiger partial charge < -0.3 is 4.90 Å². The third-order valence-corrected chi connectivity index (χ3v) is 4.29. The van der Waals surface area contributed by atoms with Crippen LogP contribution in [0.2, 0.25) is 0 Å². The van der Waals surface area contributed by atoms with Crippen molar-refractivity contribution in [1.82, 2.24) is 4.90 Å². The Hall–Kier alpha value is -1.68. The molecule has 0 radical (unpaired) electrons. The third-order valence-electron chi connectivity index (χ3n) is 3.28.